The van der Waals surface area contributed by atoms with Gasteiger partial charge in [-0.2, -0.15) is 0 Å². The van der Waals surface area contributed by atoms with E-state index in [0.29, 0.717) is 32.2 Å². The third kappa shape index (κ3) is 4.54. The Morgan fingerprint density at radius 2 is 1.88 bits per heavy atom. The molecule has 1 aromatic carbocycles. The first kappa shape index (κ1) is 19.8. The van der Waals surface area contributed by atoms with Crippen LogP contribution in [0.1, 0.15) is 45.6 Å². The molecule has 25 heavy (non-hydrogen) atoms. The summed E-state index contributed by atoms with van der Waals surface area (Å²) in [6.07, 6.45) is 1.56. The molecule has 5 nitrogen and oxygen atoms in total. The third-order valence-corrected chi connectivity index (χ3v) is 7.17. The van der Waals surface area contributed by atoms with E-state index in [4.69, 9.17) is 0 Å². The topological polar surface area (TPSA) is 74.7 Å². The second-order valence-electron chi connectivity index (χ2n) is 8.00. The van der Waals surface area contributed by atoms with Gasteiger partial charge in [0.15, 0.2) is 9.84 Å². The van der Waals surface area contributed by atoms with Crippen LogP contribution in [-0.2, 0) is 16.3 Å². The molecule has 0 radical (unpaired) electrons. The number of likely N-dealkylation sites (tertiary alicyclic amines) is 1. The Labute approximate surface area is 151 Å². The molecule has 1 saturated heterocycles. The monoisotopic (exact) mass is 367 g/mol. The van der Waals surface area contributed by atoms with Gasteiger partial charge in [-0.1, -0.05) is 51.1 Å². The van der Waals surface area contributed by atoms with Crippen molar-refractivity contribution < 1.29 is 18.3 Å². The number of hydrogen-bond acceptors (Lipinski definition) is 3. The summed E-state index contributed by atoms with van der Waals surface area (Å²) in [6.45, 7) is 6.22. The fourth-order valence-electron chi connectivity index (χ4n) is 3.88. The van der Waals surface area contributed by atoms with Gasteiger partial charge in [0.1, 0.15) is 0 Å². The highest BCUT2D eigenvalue weighted by Crippen LogP contribution is 2.44. The number of carbonyl (C=O) groups is 1. The fraction of sp³-hybridized carbons (Fsp3) is 0.632. The number of amides is 1. The van der Waals surface area contributed by atoms with Crippen LogP contribution in [0.3, 0.4) is 0 Å². The number of carboxylic acid groups (broad SMARTS) is 1. The van der Waals surface area contributed by atoms with Gasteiger partial charge < -0.3 is 10.0 Å². The van der Waals surface area contributed by atoms with Crippen LogP contribution in [-0.4, -0.2) is 48.1 Å². The Kier molecular flexibility index (Phi) is 5.82. The molecule has 1 aliphatic rings. The third-order valence-electron chi connectivity index (χ3n) is 5.34. The molecule has 2 rings (SSSR count). The number of aryl methyl sites for hydroxylation is 1. The summed E-state index contributed by atoms with van der Waals surface area (Å²) in [7, 11) is -3.35. The number of nitrogens with zero attached hydrogens (tertiary/aromatic N) is 1. The first-order valence-corrected chi connectivity index (χ1v) is 10.6. The van der Waals surface area contributed by atoms with Crippen LogP contribution >= 0.6 is 0 Å². The predicted molar refractivity (Wildman–Crippen MR) is 99.6 cm³/mol. The van der Waals surface area contributed by atoms with Crippen LogP contribution in [0.4, 0.5) is 4.79 Å². The summed E-state index contributed by atoms with van der Waals surface area (Å²) in [5.41, 5.74) is -0.157. The highest BCUT2D eigenvalue weighted by molar-refractivity contribution is 7.91. The summed E-state index contributed by atoms with van der Waals surface area (Å²) in [5, 5.41) is 9.56. The Morgan fingerprint density at radius 3 is 2.44 bits per heavy atom. The van der Waals surface area contributed by atoms with Crippen molar-refractivity contribution in [3.63, 3.8) is 0 Å². The Morgan fingerprint density at radius 1 is 1.24 bits per heavy atom. The van der Waals surface area contributed by atoms with E-state index in [1.807, 2.05) is 51.1 Å². The lowest BCUT2D eigenvalue weighted by atomic mass is 9.73. The normalized spacial score (nSPS) is 21.5. The Bertz CT molecular complexity index is 694. The van der Waals surface area contributed by atoms with Crippen LogP contribution in [0, 0.1) is 5.41 Å². The van der Waals surface area contributed by atoms with E-state index in [-0.39, 0.29) is 11.5 Å². The van der Waals surface area contributed by atoms with Crippen molar-refractivity contribution in [3.8, 4) is 0 Å². The van der Waals surface area contributed by atoms with Gasteiger partial charge in [-0.25, -0.2) is 13.2 Å². The van der Waals surface area contributed by atoms with Crippen LogP contribution in [0.5, 0.6) is 0 Å². The van der Waals surface area contributed by atoms with Gasteiger partial charge in [0.2, 0.25) is 0 Å². The second kappa shape index (κ2) is 7.36. The zero-order valence-corrected chi connectivity index (χ0v) is 16.2. The van der Waals surface area contributed by atoms with Gasteiger partial charge >= 0.3 is 6.09 Å². The summed E-state index contributed by atoms with van der Waals surface area (Å²) >= 11 is 0. The van der Waals surface area contributed by atoms with Crippen molar-refractivity contribution in [1.29, 1.82) is 0 Å². The molecule has 1 aliphatic heterocycles. The summed E-state index contributed by atoms with van der Waals surface area (Å²) in [6, 6.07) is 9.82. The highest BCUT2D eigenvalue weighted by Gasteiger charge is 2.53. The number of benzene rings is 1. The zero-order chi connectivity index (χ0) is 18.7. The quantitative estimate of drug-likeness (QED) is 0.834. The molecule has 0 aromatic heterocycles. The van der Waals surface area contributed by atoms with Crippen LogP contribution in [0.25, 0.3) is 0 Å². The molecule has 0 aliphatic carbocycles. The van der Waals surface area contributed by atoms with Gasteiger partial charge in [-0.05, 0) is 36.7 Å². The van der Waals surface area contributed by atoms with Crippen molar-refractivity contribution >= 4 is 15.9 Å². The maximum atomic E-state index is 12.8. The summed E-state index contributed by atoms with van der Waals surface area (Å²) in [4.78, 5) is 13.0. The molecule has 1 heterocycles. The maximum absolute atomic E-state index is 12.8. The van der Waals surface area contributed by atoms with Crippen molar-refractivity contribution in [1.82, 2.24) is 4.90 Å². The van der Waals surface area contributed by atoms with Gasteiger partial charge in [0.25, 0.3) is 0 Å². The number of sulfone groups is 1. The summed E-state index contributed by atoms with van der Waals surface area (Å²) < 4.78 is 25.6. The molecule has 0 saturated carbocycles. The van der Waals surface area contributed by atoms with Gasteiger partial charge in [-0.15, -0.1) is 0 Å². The molecule has 0 bridgehead atoms. The van der Waals surface area contributed by atoms with Gasteiger partial charge in [0, 0.05) is 6.54 Å². The smallest absolute Gasteiger partial charge is 0.407 e. The molecular weight excluding hydrogens is 338 g/mol. The lowest BCUT2D eigenvalue weighted by Crippen LogP contribution is -2.59. The molecule has 6 heteroatoms. The van der Waals surface area contributed by atoms with E-state index in [9.17, 15) is 18.3 Å². The maximum Gasteiger partial charge on any atom is 0.407 e. The van der Waals surface area contributed by atoms with E-state index in [2.05, 4.69) is 0 Å². The number of hydrogen-bond donors (Lipinski definition) is 1. The molecule has 1 N–H and O–H groups in total. The van der Waals surface area contributed by atoms with Crippen molar-refractivity contribution in [2.45, 2.75) is 52.0 Å². The summed E-state index contributed by atoms with van der Waals surface area (Å²) in [5.74, 6) is -0.00221. The second-order valence-corrected chi connectivity index (χ2v) is 10.2. The van der Waals surface area contributed by atoms with E-state index in [0.717, 1.165) is 5.56 Å². The van der Waals surface area contributed by atoms with E-state index < -0.39 is 26.9 Å². The molecular formula is C19H29NO4S. The zero-order valence-electron chi connectivity index (χ0n) is 15.4. The van der Waals surface area contributed by atoms with Crippen molar-refractivity contribution in [2.24, 2.45) is 5.41 Å². The SMILES string of the molecule is CC(C)(C)[C@]1(CS(=O)(=O)CCCc2ccccc2)CCCN1C(=O)O. The van der Waals surface area contributed by atoms with Gasteiger partial charge in [0.05, 0.1) is 17.0 Å². The minimum Gasteiger partial charge on any atom is -0.465 e. The first-order chi connectivity index (χ1) is 11.6. The molecule has 1 atom stereocenters. The molecule has 1 amide bonds. The largest absolute Gasteiger partial charge is 0.465 e. The Hall–Kier alpha value is -1.56. The highest BCUT2D eigenvalue weighted by atomic mass is 32.2. The van der Waals surface area contributed by atoms with Gasteiger partial charge in [-0.3, -0.25) is 0 Å². The molecule has 0 spiro atoms. The molecule has 0 unspecified atom stereocenters. The molecule has 1 aromatic rings. The minimum absolute atomic E-state index is 0.0905. The number of rotatable bonds is 6. The predicted octanol–water partition coefficient (Wildman–Crippen LogP) is 3.59. The molecule has 140 valence electrons. The first-order valence-electron chi connectivity index (χ1n) is 8.82. The van der Waals surface area contributed by atoms with Crippen LogP contribution in [0.15, 0.2) is 30.3 Å². The van der Waals surface area contributed by atoms with Crippen LogP contribution < -0.4 is 0 Å². The average Bonchev–Trinajstić information content (AvgIpc) is 2.92. The fourth-order valence-corrected chi connectivity index (χ4v) is 6.07. The van der Waals surface area contributed by atoms with E-state index in [1.54, 1.807) is 0 Å². The van der Waals surface area contributed by atoms with E-state index in [1.165, 1.54) is 4.90 Å². The standard InChI is InChI=1S/C19H29NO4S/c1-18(2,3)19(12-8-13-20(19)17(21)22)15-25(23,24)14-7-11-16-9-5-4-6-10-16/h4-6,9-10H,7-8,11-15H2,1-3H3,(H,21,22)/t19-/m1/s1. The Balaban J connectivity index is 2.11. The van der Waals surface area contributed by atoms with E-state index >= 15 is 0 Å². The minimum atomic E-state index is -3.35. The lowest BCUT2D eigenvalue weighted by Gasteiger charge is -2.46. The van der Waals surface area contributed by atoms with Crippen molar-refractivity contribution in [3.05, 3.63) is 35.9 Å². The molecule has 1 fully saturated rings. The van der Waals surface area contributed by atoms with Crippen molar-refractivity contribution in [2.75, 3.05) is 18.1 Å². The van der Waals surface area contributed by atoms with Crippen LogP contribution in [0.2, 0.25) is 0 Å². The lowest BCUT2D eigenvalue weighted by molar-refractivity contribution is 0.0466. The average molecular weight is 368 g/mol.